The number of benzene rings is 2. The number of nitrogens with one attached hydrogen (secondary N) is 2. The van der Waals surface area contributed by atoms with E-state index in [0.29, 0.717) is 5.69 Å². The monoisotopic (exact) mass is 487 g/mol. The fourth-order valence-corrected chi connectivity index (χ4v) is 3.75. The lowest BCUT2D eigenvalue weighted by Crippen LogP contribution is -2.35. The molecule has 10 heteroatoms. The van der Waals surface area contributed by atoms with Gasteiger partial charge in [-0.1, -0.05) is 40.5 Å². The van der Waals surface area contributed by atoms with Gasteiger partial charge in [-0.15, -0.1) is 0 Å². The van der Waals surface area contributed by atoms with E-state index in [2.05, 4.69) is 15.8 Å². The van der Waals surface area contributed by atoms with Gasteiger partial charge in [0.2, 0.25) is 5.91 Å². The third-order valence-electron chi connectivity index (χ3n) is 4.99. The summed E-state index contributed by atoms with van der Waals surface area (Å²) in [6.45, 7) is 6.19. The lowest BCUT2D eigenvalue weighted by atomic mass is 10.1. The molecule has 0 aliphatic rings. The first-order valence-corrected chi connectivity index (χ1v) is 10.7. The summed E-state index contributed by atoms with van der Waals surface area (Å²) in [4.78, 5) is 36.9. The molecule has 2 aromatic carbocycles. The van der Waals surface area contributed by atoms with Crippen molar-refractivity contribution in [2.24, 2.45) is 0 Å². The maximum atomic E-state index is 14.3. The Morgan fingerprint density at radius 2 is 1.76 bits per heavy atom. The van der Waals surface area contributed by atoms with E-state index < -0.39 is 30.2 Å². The smallest absolute Gasteiger partial charge is 0.344 e. The third kappa shape index (κ3) is 5.60. The van der Waals surface area contributed by atoms with Crippen LogP contribution in [0.3, 0.4) is 0 Å². The molecular weight excluding hydrogens is 465 g/mol. The zero-order valence-corrected chi connectivity index (χ0v) is 19.8. The van der Waals surface area contributed by atoms with Gasteiger partial charge in [-0.2, -0.15) is 0 Å². The molecule has 178 valence electrons. The van der Waals surface area contributed by atoms with Gasteiger partial charge in [-0.05, 0) is 51.0 Å². The van der Waals surface area contributed by atoms with Gasteiger partial charge in [-0.25, -0.2) is 9.18 Å². The number of amides is 2. The highest BCUT2D eigenvalue weighted by Gasteiger charge is 2.27. The van der Waals surface area contributed by atoms with E-state index in [-0.39, 0.29) is 34.1 Å². The number of aryl methyl sites for hydroxylation is 4. The fraction of sp³-hybridized carbons (Fsp3) is 0.250. The summed E-state index contributed by atoms with van der Waals surface area (Å²) in [7, 11) is 0. The molecule has 0 saturated carbocycles. The van der Waals surface area contributed by atoms with E-state index in [1.54, 1.807) is 0 Å². The normalized spacial score (nSPS) is 10.6. The highest BCUT2D eigenvalue weighted by atomic mass is 35.5. The quantitative estimate of drug-likeness (QED) is 0.481. The standard InChI is InChI=1S/C24H23ClFN3O5/c1-12-8-13(2)22(14(3)9-12)28-18(30)10-27-19(31)11-33-24(32)20-15(4)34-29-23(20)21-16(25)6-5-7-17(21)26/h5-9H,10-11H2,1-4H3,(H,27,31)(H,28,30). The second kappa shape index (κ2) is 10.5. The Hall–Kier alpha value is -3.72. The molecule has 0 atom stereocenters. The summed E-state index contributed by atoms with van der Waals surface area (Å²) in [5.74, 6) is -2.69. The molecule has 2 amide bonds. The number of ether oxygens (including phenoxy) is 1. The zero-order chi connectivity index (χ0) is 25.0. The van der Waals surface area contributed by atoms with Crippen molar-refractivity contribution < 1.29 is 28.0 Å². The Bertz CT molecular complexity index is 1230. The van der Waals surface area contributed by atoms with Crippen molar-refractivity contribution >= 4 is 35.1 Å². The molecule has 2 N–H and O–H groups in total. The molecule has 3 aromatic rings. The number of carbonyl (C=O) groups excluding carboxylic acids is 3. The molecule has 3 rings (SSSR count). The Labute approximate surface area is 200 Å². The fourth-order valence-electron chi connectivity index (χ4n) is 3.50. The number of rotatable bonds is 7. The van der Waals surface area contributed by atoms with Crippen molar-refractivity contribution in [3.63, 3.8) is 0 Å². The van der Waals surface area contributed by atoms with Crippen molar-refractivity contribution in [3.05, 3.63) is 69.2 Å². The van der Waals surface area contributed by atoms with Crippen molar-refractivity contribution in [2.75, 3.05) is 18.5 Å². The first kappa shape index (κ1) is 24.9. The first-order valence-electron chi connectivity index (χ1n) is 10.3. The molecular formula is C24H23ClFN3O5. The van der Waals surface area contributed by atoms with E-state index in [4.69, 9.17) is 20.9 Å². The highest BCUT2D eigenvalue weighted by molar-refractivity contribution is 6.33. The molecule has 0 aliphatic carbocycles. The van der Waals surface area contributed by atoms with Gasteiger partial charge in [0, 0.05) is 5.69 Å². The summed E-state index contributed by atoms with van der Waals surface area (Å²) in [5, 5.41) is 8.90. The molecule has 8 nitrogen and oxygen atoms in total. The maximum Gasteiger partial charge on any atom is 0.344 e. The molecule has 1 aromatic heterocycles. The Kier molecular flexibility index (Phi) is 7.68. The van der Waals surface area contributed by atoms with Crippen molar-refractivity contribution in [2.45, 2.75) is 27.7 Å². The van der Waals surface area contributed by atoms with Gasteiger partial charge >= 0.3 is 5.97 Å². The van der Waals surface area contributed by atoms with Crippen LogP contribution in [0.5, 0.6) is 0 Å². The number of esters is 1. The lowest BCUT2D eigenvalue weighted by Gasteiger charge is -2.13. The van der Waals surface area contributed by atoms with Crippen molar-refractivity contribution in [3.8, 4) is 11.3 Å². The summed E-state index contributed by atoms with van der Waals surface area (Å²) in [6, 6.07) is 7.90. The lowest BCUT2D eigenvalue weighted by molar-refractivity contribution is -0.126. The Morgan fingerprint density at radius 3 is 2.41 bits per heavy atom. The van der Waals surface area contributed by atoms with E-state index >= 15 is 0 Å². The number of hydrogen-bond acceptors (Lipinski definition) is 6. The highest BCUT2D eigenvalue weighted by Crippen LogP contribution is 2.33. The van der Waals surface area contributed by atoms with Crippen LogP contribution in [-0.4, -0.2) is 36.1 Å². The number of aromatic nitrogens is 1. The van der Waals surface area contributed by atoms with Crippen LogP contribution in [-0.2, 0) is 14.3 Å². The predicted octanol–water partition coefficient (Wildman–Crippen LogP) is 4.28. The van der Waals surface area contributed by atoms with Crippen molar-refractivity contribution in [1.29, 1.82) is 0 Å². The van der Waals surface area contributed by atoms with E-state index in [1.165, 1.54) is 25.1 Å². The number of halogens is 2. The molecule has 0 spiro atoms. The van der Waals surface area contributed by atoms with Crippen LogP contribution in [0, 0.1) is 33.5 Å². The van der Waals surface area contributed by atoms with E-state index in [1.807, 2.05) is 32.9 Å². The van der Waals surface area contributed by atoms with Gasteiger partial charge in [0.1, 0.15) is 22.8 Å². The van der Waals surface area contributed by atoms with Gasteiger partial charge in [0.15, 0.2) is 6.61 Å². The van der Waals surface area contributed by atoms with E-state index in [0.717, 1.165) is 16.7 Å². The SMILES string of the molecule is Cc1cc(C)c(NC(=O)CNC(=O)COC(=O)c2c(-c3c(F)cccc3Cl)noc2C)c(C)c1. The second-order valence-electron chi connectivity index (χ2n) is 7.73. The molecule has 0 unspecified atom stereocenters. The molecule has 34 heavy (non-hydrogen) atoms. The van der Waals surface area contributed by atoms with Crippen LogP contribution >= 0.6 is 11.6 Å². The topological polar surface area (TPSA) is 111 Å². The minimum atomic E-state index is -0.946. The first-order chi connectivity index (χ1) is 16.1. The zero-order valence-electron chi connectivity index (χ0n) is 19.0. The molecule has 0 fully saturated rings. The molecule has 0 bridgehead atoms. The van der Waals surface area contributed by atoms with Crippen LogP contribution in [0.25, 0.3) is 11.3 Å². The minimum absolute atomic E-state index is 0.0326. The third-order valence-corrected chi connectivity index (χ3v) is 5.30. The second-order valence-corrected chi connectivity index (χ2v) is 8.14. The largest absolute Gasteiger partial charge is 0.452 e. The number of hydrogen-bond donors (Lipinski definition) is 2. The van der Waals surface area contributed by atoms with Crippen LogP contribution in [0.15, 0.2) is 34.9 Å². The average molecular weight is 488 g/mol. The molecule has 0 saturated heterocycles. The maximum absolute atomic E-state index is 14.3. The van der Waals surface area contributed by atoms with Gasteiger partial charge < -0.3 is 19.9 Å². The van der Waals surface area contributed by atoms with Crippen LogP contribution < -0.4 is 10.6 Å². The van der Waals surface area contributed by atoms with Crippen LogP contribution in [0.4, 0.5) is 10.1 Å². The van der Waals surface area contributed by atoms with Gasteiger partial charge in [-0.3, -0.25) is 9.59 Å². The van der Waals surface area contributed by atoms with E-state index in [9.17, 15) is 18.8 Å². The number of nitrogens with zero attached hydrogens (tertiary/aromatic N) is 1. The van der Waals surface area contributed by atoms with Crippen LogP contribution in [0.1, 0.15) is 32.8 Å². The summed E-state index contributed by atoms with van der Waals surface area (Å²) in [6.07, 6.45) is 0. The minimum Gasteiger partial charge on any atom is -0.452 e. The van der Waals surface area contributed by atoms with Crippen molar-refractivity contribution in [1.82, 2.24) is 10.5 Å². The molecule has 0 aliphatic heterocycles. The van der Waals surface area contributed by atoms with Gasteiger partial charge in [0.05, 0.1) is 17.1 Å². The summed E-state index contributed by atoms with van der Waals surface area (Å²) >= 11 is 6.06. The molecule has 0 radical (unpaired) electrons. The summed E-state index contributed by atoms with van der Waals surface area (Å²) in [5.41, 5.74) is 3.17. The number of carbonyl (C=O) groups is 3. The van der Waals surface area contributed by atoms with Gasteiger partial charge in [0.25, 0.3) is 5.91 Å². The number of anilines is 1. The summed E-state index contributed by atoms with van der Waals surface area (Å²) < 4.78 is 24.3. The molecule has 1 heterocycles. The Morgan fingerprint density at radius 1 is 1.09 bits per heavy atom. The Balaban J connectivity index is 1.59. The predicted molar refractivity (Wildman–Crippen MR) is 124 cm³/mol. The van der Waals surface area contributed by atoms with Crippen LogP contribution in [0.2, 0.25) is 5.02 Å². The average Bonchev–Trinajstić information content (AvgIpc) is 3.14.